The van der Waals surface area contributed by atoms with E-state index in [1.54, 1.807) is 43.7 Å². The number of nitrogens with zero attached hydrogens (tertiary/aromatic N) is 9. The minimum absolute atomic E-state index is 0.0669. The van der Waals surface area contributed by atoms with Crippen molar-refractivity contribution >= 4 is 62.1 Å². The Kier molecular flexibility index (Phi) is 16.5. The molecule has 0 saturated carbocycles. The number of benzene rings is 2. The molecule has 0 spiro atoms. The number of ether oxygens (including phenoxy) is 2. The average Bonchev–Trinajstić information content (AvgIpc) is 3.16. The zero-order valence-corrected chi connectivity index (χ0v) is 45.1. The Morgan fingerprint density at radius 1 is 0.585 bits per heavy atom. The summed E-state index contributed by atoms with van der Waals surface area (Å²) in [6.45, 7) is 10.5. The predicted molar refractivity (Wildman–Crippen MR) is 300 cm³/mol. The molecule has 4 aliphatic heterocycles. The number of anilines is 6. The first-order chi connectivity index (χ1) is 39.7. The molecule has 82 heavy (non-hydrogen) atoms. The number of piperidine rings is 2. The third-order valence-electron chi connectivity index (χ3n) is 15.6. The number of nitrogens with one attached hydrogen (secondary N) is 3. The molecule has 8 aromatic rings. The minimum Gasteiger partial charge on any atom is -0.378 e. The maximum Gasteiger partial charge on any atom is 0.471 e. The number of carbonyl (C=O) groups excluding carboxylic acids is 1. The van der Waals surface area contributed by atoms with E-state index < -0.39 is 35.4 Å². The van der Waals surface area contributed by atoms with Gasteiger partial charge in [-0.15, -0.1) is 0 Å². The van der Waals surface area contributed by atoms with Gasteiger partial charge in [-0.3, -0.25) is 14.8 Å². The van der Waals surface area contributed by atoms with E-state index in [0.29, 0.717) is 102 Å². The van der Waals surface area contributed by atoms with E-state index in [-0.39, 0.29) is 53.7 Å². The monoisotopic (exact) mass is 1130 g/mol. The van der Waals surface area contributed by atoms with E-state index >= 15 is 8.78 Å². The van der Waals surface area contributed by atoms with Crippen LogP contribution in [0.4, 0.5) is 65.1 Å². The zero-order valence-electron chi connectivity index (χ0n) is 45.1. The van der Waals surface area contributed by atoms with Crippen LogP contribution in [0.3, 0.4) is 0 Å². The van der Waals surface area contributed by atoms with Crippen LogP contribution in [0.25, 0.3) is 44.6 Å². The zero-order chi connectivity index (χ0) is 57.1. The van der Waals surface area contributed by atoms with Gasteiger partial charge in [0.05, 0.1) is 82.4 Å². The number of carbonyl (C=O) groups is 1. The number of hydrogen-bond donors (Lipinski definition) is 3. The number of morpholine rings is 2. The Bertz CT molecular complexity index is 3610. The predicted octanol–water partition coefficient (Wildman–Crippen LogP) is 11.5. The lowest BCUT2D eigenvalue weighted by atomic mass is 9.89. The molecule has 6 aromatic heterocycles. The molecule has 4 aliphatic rings. The van der Waals surface area contributed by atoms with Gasteiger partial charge in [0.15, 0.2) is 0 Å². The maximum absolute atomic E-state index is 15.5. The van der Waals surface area contributed by atoms with Gasteiger partial charge in [0, 0.05) is 123 Å². The topological polar surface area (TPSA) is 159 Å². The van der Waals surface area contributed by atoms with Crippen LogP contribution in [0.15, 0.2) is 97.6 Å². The van der Waals surface area contributed by atoms with Gasteiger partial charge in [-0.05, 0) is 99.8 Å². The van der Waals surface area contributed by atoms with Crippen molar-refractivity contribution in [2.24, 2.45) is 0 Å². The summed E-state index contributed by atoms with van der Waals surface area (Å²) < 4.78 is 110. The first-order valence-corrected chi connectivity index (χ1v) is 27.4. The van der Waals surface area contributed by atoms with E-state index in [9.17, 15) is 26.7 Å². The number of alkyl halides is 3. The molecule has 426 valence electrons. The lowest BCUT2D eigenvalue weighted by Gasteiger charge is -2.34. The molecule has 0 unspecified atom stereocenters. The molecule has 2 aromatic carbocycles. The standard InChI is InChI=1S/C31H29F5N6O2.C29H30F2N6O/c1-18-28(23-4-2-3-7-37-23)40-25-15-20(32)14-22(33)27(25)29(18)39-24-16-26(41-10-12-44-13-11-41)38-17-21(24)19-5-8-42(9-6-19)30(43)31(34,35)36;1-18-28(23-4-2-3-7-33-23)36-25-15-20(30)14-22(31)27(25)29(18)35-24-16-26(37-10-12-38-13-11-37)34-17-21(24)19-5-8-32-9-6-19/h2-4,7,14-17,19H,5-6,8-13H2,1H3,(H,38,39,40);2-4,7,14-17,19,32H,5-6,8-13H2,1H3,(H,34,35,36). The van der Waals surface area contributed by atoms with Gasteiger partial charge in [-0.2, -0.15) is 13.2 Å². The molecule has 22 heteroatoms. The van der Waals surface area contributed by atoms with Crippen molar-refractivity contribution in [2.75, 3.05) is 99.2 Å². The second kappa shape index (κ2) is 24.2. The SMILES string of the molecule is Cc1c(-c2ccccn2)nc2cc(F)cc(F)c2c1Nc1cc(N2CCOCC2)ncc1C1CCN(C(=O)C(F)(F)F)CC1.Cc1c(-c2ccccn2)nc2cc(F)cc(F)c2c1Nc1cc(N2CCOCC2)ncc1C1CCNCC1. The van der Waals surface area contributed by atoms with Crippen molar-refractivity contribution in [3.63, 3.8) is 0 Å². The van der Waals surface area contributed by atoms with Crippen LogP contribution in [-0.2, 0) is 14.3 Å². The number of hydrogen-bond acceptors (Lipinski definition) is 14. The molecule has 1 amide bonds. The molecule has 12 rings (SSSR count). The highest BCUT2D eigenvalue weighted by Gasteiger charge is 2.43. The summed E-state index contributed by atoms with van der Waals surface area (Å²) in [4.78, 5) is 44.5. The number of fused-ring (bicyclic) bond motifs is 2. The number of likely N-dealkylation sites (tertiary alicyclic amines) is 1. The summed E-state index contributed by atoms with van der Waals surface area (Å²) in [7, 11) is 0. The quantitative estimate of drug-likeness (QED) is 0.111. The first-order valence-electron chi connectivity index (χ1n) is 27.4. The highest BCUT2D eigenvalue weighted by molar-refractivity contribution is 6.00. The number of aromatic nitrogens is 6. The summed E-state index contributed by atoms with van der Waals surface area (Å²) in [5.41, 5.74) is 8.00. The van der Waals surface area contributed by atoms with Crippen LogP contribution in [0.1, 0.15) is 59.8 Å². The number of amides is 1. The fraction of sp³-hybridized carbons (Fsp3) is 0.350. The van der Waals surface area contributed by atoms with Gasteiger partial charge in [0.25, 0.3) is 0 Å². The molecule has 4 fully saturated rings. The number of pyridine rings is 6. The third-order valence-corrected chi connectivity index (χ3v) is 15.6. The average molecular weight is 1130 g/mol. The fourth-order valence-corrected chi connectivity index (χ4v) is 11.3. The van der Waals surface area contributed by atoms with E-state index in [0.717, 1.165) is 84.8 Å². The van der Waals surface area contributed by atoms with Crippen molar-refractivity contribution in [3.05, 3.63) is 143 Å². The normalized spacial score (nSPS) is 16.5. The minimum atomic E-state index is -4.93. The van der Waals surface area contributed by atoms with Gasteiger partial charge in [-0.25, -0.2) is 37.5 Å². The van der Waals surface area contributed by atoms with Crippen molar-refractivity contribution in [3.8, 4) is 22.8 Å². The van der Waals surface area contributed by atoms with Gasteiger partial charge >= 0.3 is 12.1 Å². The van der Waals surface area contributed by atoms with Crippen molar-refractivity contribution in [2.45, 2.75) is 57.5 Å². The lowest BCUT2D eigenvalue weighted by molar-refractivity contribution is -0.186. The molecule has 0 aliphatic carbocycles. The van der Waals surface area contributed by atoms with E-state index in [1.165, 1.54) is 6.07 Å². The van der Waals surface area contributed by atoms with Crippen molar-refractivity contribution in [1.29, 1.82) is 0 Å². The van der Waals surface area contributed by atoms with Gasteiger partial charge in [0.2, 0.25) is 0 Å². The van der Waals surface area contributed by atoms with Crippen LogP contribution < -0.4 is 25.8 Å². The maximum atomic E-state index is 15.5. The molecule has 10 heterocycles. The van der Waals surface area contributed by atoms with Crippen molar-refractivity contribution in [1.82, 2.24) is 40.1 Å². The molecular formula is C60H59F7N12O3. The molecule has 0 radical (unpaired) electrons. The summed E-state index contributed by atoms with van der Waals surface area (Å²) in [5, 5.41) is 10.8. The molecule has 15 nitrogen and oxygen atoms in total. The van der Waals surface area contributed by atoms with Gasteiger partial charge < -0.3 is 40.1 Å². The largest absolute Gasteiger partial charge is 0.471 e. The van der Waals surface area contributed by atoms with Crippen LogP contribution in [0.2, 0.25) is 0 Å². The highest BCUT2D eigenvalue weighted by atomic mass is 19.4. The summed E-state index contributed by atoms with van der Waals surface area (Å²) in [5.74, 6) is -3.16. The van der Waals surface area contributed by atoms with E-state index in [1.807, 2.05) is 37.4 Å². The summed E-state index contributed by atoms with van der Waals surface area (Å²) >= 11 is 0. The summed E-state index contributed by atoms with van der Waals surface area (Å²) in [6, 6.07) is 18.9. The second-order valence-electron chi connectivity index (χ2n) is 20.7. The molecule has 0 atom stereocenters. The van der Waals surface area contributed by atoms with Crippen LogP contribution in [0.5, 0.6) is 0 Å². The molecule has 4 saturated heterocycles. The van der Waals surface area contributed by atoms with Gasteiger partial charge in [-0.1, -0.05) is 12.1 Å². The third kappa shape index (κ3) is 12.0. The first kappa shape index (κ1) is 55.8. The Morgan fingerprint density at radius 3 is 1.44 bits per heavy atom. The Labute approximate surface area is 468 Å². The van der Waals surface area contributed by atoms with Crippen molar-refractivity contribution < 1.29 is 45.0 Å². The molecule has 0 bridgehead atoms. The highest BCUT2D eigenvalue weighted by Crippen LogP contribution is 2.43. The van der Waals surface area contributed by atoms with Crippen LogP contribution in [0, 0.1) is 37.1 Å². The molecule has 3 N–H and O–H groups in total. The van der Waals surface area contributed by atoms with Crippen LogP contribution >= 0.6 is 0 Å². The Balaban J connectivity index is 0.000000174. The van der Waals surface area contributed by atoms with Crippen LogP contribution in [-0.4, -0.2) is 126 Å². The van der Waals surface area contributed by atoms with E-state index in [2.05, 4.69) is 56.7 Å². The number of halogens is 7. The Hall–Kier alpha value is -8.08. The smallest absolute Gasteiger partial charge is 0.378 e. The van der Waals surface area contributed by atoms with E-state index in [4.69, 9.17) is 14.5 Å². The van der Waals surface area contributed by atoms with Gasteiger partial charge in [0.1, 0.15) is 34.9 Å². The second-order valence-corrected chi connectivity index (χ2v) is 20.7. The summed E-state index contributed by atoms with van der Waals surface area (Å²) in [6.07, 6.45) is 4.54. The number of rotatable bonds is 10. The molecular weight excluding hydrogens is 1070 g/mol. The fourth-order valence-electron chi connectivity index (χ4n) is 11.3. The lowest BCUT2D eigenvalue weighted by Crippen LogP contribution is -2.45. The Morgan fingerprint density at radius 2 is 1.02 bits per heavy atom.